The summed E-state index contributed by atoms with van der Waals surface area (Å²) in [6.45, 7) is 0. The minimum Gasteiger partial charge on any atom is -0.293 e. The van der Waals surface area contributed by atoms with E-state index < -0.39 is 0 Å². The normalized spacial score (nSPS) is 22.1. The first kappa shape index (κ1) is 9.74. The second kappa shape index (κ2) is 4.15. The Morgan fingerprint density at radius 3 is 2.92 bits per heavy atom. The maximum Gasteiger partial charge on any atom is 0.176 e. The van der Waals surface area contributed by atoms with Gasteiger partial charge in [-0.05, 0) is 40.2 Å². The van der Waals surface area contributed by atoms with E-state index >= 15 is 0 Å². The van der Waals surface area contributed by atoms with E-state index in [4.69, 9.17) is 0 Å². The third-order valence-electron chi connectivity index (χ3n) is 2.12. The molecule has 70 valence electrons. The van der Waals surface area contributed by atoms with Crippen molar-refractivity contribution in [3.8, 4) is 0 Å². The zero-order valence-corrected chi connectivity index (χ0v) is 10.2. The molecule has 1 unspecified atom stereocenters. The van der Waals surface area contributed by atoms with Crippen LogP contribution in [0.15, 0.2) is 15.9 Å². The van der Waals surface area contributed by atoms with Crippen LogP contribution in [0.1, 0.15) is 16.1 Å². The van der Waals surface area contributed by atoms with Crippen molar-refractivity contribution in [3.63, 3.8) is 0 Å². The highest BCUT2D eigenvalue weighted by Crippen LogP contribution is 2.30. The highest BCUT2D eigenvalue weighted by atomic mass is 79.9. The molecule has 1 aromatic heterocycles. The third-order valence-corrected chi connectivity index (χ3v) is 4.92. The van der Waals surface area contributed by atoms with E-state index in [1.807, 2.05) is 23.9 Å². The lowest BCUT2D eigenvalue weighted by Crippen LogP contribution is -2.12. The average molecular weight is 277 g/mol. The summed E-state index contributed by atoms with van der Waals surface area (Å²) in [6.07, 6.45) is 1.05. The Hall–Kier alpha value is 0.200. The standard InChI is InChI=1S/C9H9BrOS2/c10-8-2-1-7(13-8)9(11)6-3-4-12-5-6/h1-2,6H,3-5H2. The molecule has 2 rings (SSSR count). The predicted molar refractivity (Wildman–Crippen MR) is 61.8 cm³/mol. The molecule has 0 bridgehead atoms. The molecule has 4 heteroatoms. The summed E-state index contributed by atoms with van der Waals surface area (Å²) >= 11 is 6.79. The molecule has 2 heterocycles. The molecular formula is C9H9BrOS2. The second-order valence-electron chi connectivity index (χ2n) is 3.03. The van der Waals surface area contributed by atoms with Crippen LogP contribution < -0.4 is 0 Å². The van der Waals surface area contributed by atoms with E-state index in [1.165, 1.54) is 0 Å². The van der Waals surface area contributed by atoms with Gasteiger partial charge in [-0.25, -0.2) is 0 Å². The zero-order chi connectivity index (χ0) is 9.26. The summed E-state index contributed by atoms with van der Waals surface area (Å²) < 4.78 is 1.04. The fourth-order valence-electron chi connectivity index (χ4n) is 1.39. The minimum absolute atomic E-state index is 0.274. The average Bonchev–Trinajstić information content (AvgIpc) is 2.72. The molecule has 0 radical (unpaired) electrons. The maximum atomic E-state index is 11.8. The molecule has 1 nitrogen and oxygen atoms in total. The van der Waals surface area contributed by atoms with Crippen molar-refractivity contribution in [2.45, 2.75) is 6.42 Å². The third kappa shape index (κ3) is 2.17. The fourth-order valence-corrected chi connectivity index (χ4v) is 4.01. The van der Waals surface area contributed by atoms with E-state index in [2.05, 4.69) is 15.9 Å². The smallest absolute Gasteiger partial charge is 0.176 e. The first-order valence-corrected chi connectivity index (χ1v) is 6.91. The van der Waals surface area contributed by atoms with Gasteiger partial charge in [-0.2, -0.15) is 11.8 Å². The maximum absolute atomic E-state index is 11.8. The van der Waals surface area contributed by atoms with Crippen molar-refractivity contribution < 1.29 is 4.79 Å². The minimum atomic E-state index is 0.274. The number of thioether (sulfide) groups is 1. The van der Waals surface area contributed by atoms with E-state index in [0.717, 1.165) is 26.6 Å². The monoisotopic (exact) mass is 276 g/mol. The number of carbonyl (C=O) groups excluding carboxylic acids is 1. The lowest BCUT2D eigenvalue weighted by molar-refractivity contribution is 0.0938. The highest BCUT2D eigenvalue weighted by molar-refractivity contribution is 9.11. The molecule has 1 fully saturated rings. The van der Waals surface area contributed by atoms with E-state index in [9.17, 15) is 4.79 Å². The molecule has 1 aliphatic rings. The molecule has 0 aliphatic carbocycles. The topological polar surface area (TPSA) is 17.1 Å². The van der Waals surface area contributed by atoms with Crippen LogP contribution in [-0.4, -0.2) is 17.3 Å². The van der Waals surface area contributed by atoms with Gasteiger partial charge in [-0.1, -0.05) is 0 Å². The van der Waals surface area contributed by atoms with Crippen LogP contribution in [-0.2, 0) is 0 Å². The van der Waals surface area contributed by atoms with Gasteiger partial charge in [0.15, 0.2) is 5.78 Å². The molecular weight excluding hydrogens is 268 g/mol. The van der Waals surface area contributed by atoms with Crippen LogP contribution in [0.3, 0.4) is 0 Å². The molecule has 0 saturated carbocycles. The van der Waals surface area contributed by atoms with Crippen LogP contribution in [0.4, 0.5) is 0 Å². The first-order valence-electron chi connectivity index (χ1n) is 4.14. The van der Waals surface area contributed by atoms with E-state index in [0.29, 0.717) is 5.78 Å². The van der Waals surface area contributed by atoms with Crippen molar-refractivity contribution in [3.05, 3.63) is 20.8 Å². The van der Waals surface area contributed by atoms with Crippen molar-refractivity contribution in [1.82, 2.24) is 0 Å². The number of hydrogen-bond donors (Lipinski definition) is 0. The van der Waals surface area contributed by atoms with E-state index in [-0.39, 0.29) is 5.92 Å². The SMILES string of the molecule is O=C(c1ccc(Br)s1)C1CCSC1. The molecule has 0 aromatic carbocycles. The van der Waals surface area contributed by atoms with Crippen LogP contribution in [0.5, 0.6) is 0 Å². The molecule has 1 aromatic rings. The van der Waals surface area contributed by atoms with Gasteiger partial charge in [-0.3, -0.25) is 4.79 Å². The summed E-state index contributed by atoms with van der Waals surface area (Å²) in [4.78, 5) is 12.7. The number of rotatable bonds is 2. The van der Waals surface area contributed by atoms with Crippen molar-refractivity contribution in [1.29, 1.82) is 0 Å². The zero-order valence-electron chi connectivity index (χ0n) is 6.96. The summed E-state index contributed by atoms with van der Waals surface area (Å²) in [7, 11) is 0. The molecule has 1 saturated heterocycles. The van der Waals surface area contributed by atoms with Gasteiger partial charge in [0, 0.05) is 11.7 Å². The number of carbonyl (C=O) groups is 1. The molecule has 1 aliphatic heterocycles. The number of ketones is 1. The molecule has 0 N–H and O–H groups in total. The molecule has 0 spiro atoms. The Labute approximate surface area is 94.0 Å². The molecule has 1 atom stereocenters. The van der Waals surface area contributed by atoms with Gasteiger partial charge >= 0.3 is 0 Å². The lowest BCUT2D eigenvalue weighted by Gasteiger charge is -2.03. The van der Waals surface area contributed by atoms with Crippen LogP contribution in [0.25, 0.3) is 0 Å². The van der Waals surface area contributed by atoms with Crippen molar-refractivity contribution in [2.24, 2.45) is 5.92 Å². The largest absolute Gasteiger partial charge is 0.293 e. The number of hydrogen-bond acceptors (Lipinski definition) is 3. The van der Waals surface area contributed by atoms with Gasteiger partial charge in [-0.15, -0.1) is 11.3 Å². The number of halogens is 1. The Bertz CT molecular complexity index is 315. The summed E-state index contributed by atoms with van der Waals surface area (Å²) in [6, 6.07) is 3.86. The van der Waals surface area contributed by atoms with Crippen molar-refractivity contribution in [2.75, 3.05) is 11.5 Å². The first-order chi connectivity index (χ1) is 6.27. The van der Waals surface area contributed by atoms with E-state index in [1.54, 1.807) is 11.3 Å². The Morgan fingerprint density at radius 2 is 2.38 bits per heavy atom. The van der Waals surface area contributed by atoms with Gasteiger partial charge in [0.05, 0.1) is 8.66 Å². The fraction of sp³-hybridized carbons (Fsp3) is 0.444. The van der Waals surface area contributed by atoms with Crippen LogP contribution in [0.2, 0.25) is 0 Å². The second-order valence-corrected chi connectivity index (χ2v) is 6.64. The Balaban J connectivity index is 2.12. The summed E-state index contributed by atoms with van der Waals surface area (Å²) in [5, 5.41) is 0. The van der Waals surface area contributed by atoms with Gasteiger partial charge in [0.2, 0.25) is 0 Å². The Morgan fingerprint density at radius 1 is 1.54 bits per heavy atom. The highest BCUT2D eigenvalue weighted by Gasteiger charge is 2.24. The van der Waals surface area contributed by atoms with Crippen LogP contribution in [0, 0.1) is 5.92 Å². The van der Waals surface area contributed by atoms with Gasteiger partial charge in [0.25, 0.3) is 0 Å². The molecule has 13 heavy (non-hydrogen) atoms. The van der Waals surface area contributed by atoms with Crippen molar-refractivity contribution >= 4 is 44.8 Å². The number of Topliss-reactive ketones (excluding diaryl/α,β-unsaturated/α-hetero) is 1. The quantitative estimate of drug-likeness (QED) is 0.770. The van der Waals surface area contributed by atoms with Gasteiger partial charge < -0.3 is 0 Å². The Kier molecular flexibility index (Phi) is 3.11. The lowest BCUT2D eigenvalue weighted by atomic mass is 10.0. The number of thiophene rings is 1. The van der Waals surface area contributed by atoms with Crippen LogP contribution >= 0.6 is 39.0 Å². The molecule has 0 amide bonds. The summed E-state index contributed by atoms with van der Waals surface area (Å²) in [5.74, 6) is 2.76. The predicted octanol–water partition coefficient (Wildman–Crippen LogP) is 3.45. The van der Waals surface area contributed by atoms with Gasteiger partial charge in [0.1, 0.15) is 0 Å². The summed E-state index contributed by atoms with van der Waals surface area (Å²) in [5.41, 5.74) is 0.